The van der Waals surface area contributed by atoms with Crippen molar-refractivity contribution in [1.82, 2.24) is 19.1 Å². The van der Waals surface area contributed by atoms with E-state index >= 15 is 0 Å². The van der Waals surface area contributed by atoms with Gasteiger partial charge in [-0.3, -0.25) is 13.9 Å². The van der Waals surface area contributed by atoms with Gasteiger partial charge < -0.3 is 19.5 Å². The number of fused-ring (bicyclic) bond motifs is 1. The Morgan fingerprint density at radius 2 is 1.79 bits per heavy atom. The van der Waals surface area contributed by atoms with Crippen molar-refractivity contribution in [2.45, 2.75) is 32.4 Å². The van der Waals surface area contributed by atoms with E-state index in [9.17, 15) is 18.4 Å². The smallest absolute Gasteiger partial charge is 0.332 e. The number of hydrogen-bond donors (Lipinski definition) is 2. The van der Waals surface area contributed by atoms with Crippen LogP contribution in [0.25, 0.3) is 11.2 Å². The Bertz CT molecular complexity index is 1430. The Labute approximate surface area is 197 Å². The first-order valence-corrected chi connectivity index (χ1v) is 11.8. The van der Waals surface area contributed by atoms with E-state index < -0.39 is 22.6 Å². The van der Waals surface area contributed by atoms with Crippen molar-refractivity contribution in [3.63, 3.8) is 0 Å². The van der Waals surface area contributed by atoms with Crippen molar-refractivity contribution >= 4 is 28.2 Å². The Balaban J connectivity index is 1.71. The molecule has 10 nitrogen and oxygen atoms in total. The summed E-state index contributed by atoms with van der Waals surface area (Å²) in [7, 11) is 0. The normalized spacial score (nSPS) is 12.3. The van der Waals surface area contributed by atoms with Gasteiger partial charge in [0.15, 0.2) is 5.65 Å². The molecule has 0 saturated carbocycles. The van der Waals surface area contributed by atoms with Crippen LogP contribution in [-0.2, 0) is 41.5 Å². The van der Waals surface area contributed by atoms with Crippen LogP contribution >= 0.6 is 0 Å². The molecule has 1 unspecified atom stereocenters. The van der Waals surface area contributed by atoms with Crippen LogP contribution in [0.5, 0.6) is 0 Å². The quantitative estimate of drug-likeness (QED) is 0.198. The van der Waals surface area contributed by atoms with E-state index in [2.05, 4.69) is 14.2 Å². The summed E-state index contributed by atoms with van der Waals surface area (Å²) in [6.07, 6.45) is 1.16. The average molecular weight is 483 g/mol. The molecular weight excluding hydrogens is 458 g/mol. The predicted octanol–water partition coefficient (Wildman–Crippen LogP) is 1.50. The minimum atomic E-state index is -2.65. The second kappa shape index (κ2) is 10.6. The number of nitrogens with two attached hydrogens (primary N) is 1. The second-order valence-corrected chi connectivity index (χ2v) is 8.45. The van der Waals surface area contributed by atoms with Crippen LogP contribution in [0.1, 0.15) is 23.4 Å². The van der Waals surface area contributed by atoms with Gasteiger partial charge in [0.25, 0.3) is 5.56 Å². The Kier molecular flexibility index (Phi) is 7.36. The topological polar surface area (TPSA) is 148 Å². The summed E-state index contributed by atoms with van der Waals surface area (Å²) >= 11 is -2.65. The number of hydrogen-bond acceptors (Lipinski definition) is 7. The molecule has 0 saturated heterocycles. The van der Waals surface area contributed by atoms with Crippen molar-refractivity contribution < 1.29 is 12.9 Å². The van der Waals surface area contributed by atoms with Crippen molar-refractivity contribution in [3.8, 4) is 0 Å². The third-order valence-electron chi connectivity index (χ3n) is 5.41. The van der Waals surface area contributed by atoms with E-state index in [0.29, 0.717) is 24.4 Å². The predicted molar refractivity (Wildman–Crippen MR) is 128 cm³/mol. The fourth-order valence-electron chi connectivity index (χ4n) is 3.83. The van der Waals surface area contributed by atoms with Crippen LogP contribution in [-0.4, -0.2) is 34.5 Å². The highest BCUT2D eigenvalue weighted by Crippen LogP contribution is 2.13. The van der Waals surface area contributed by atoms with Crippen molar-refractivity contribution in [1.29, 1.82) is 0 Å². The number of nitrogens with zero attached hydrogens (tertiary/aromatic N) is 3. The molecule has 0 aliphatic rings. The van der Waals surface area contributed by atoms with E-state index in [-0.39, 0.29) is 37.3 Å². The number of aromatic amines is 1. The van der Waals surface area contributed by atoms with E-state index in [1.807, 2.05) is 48.5 Å². The number of aromatic nitrogens is 4. The van der Waals surface area contributed by atoms with Gasteiger partial charge in [-0.25, -0.2) is 14.0 Å². The standard InChI is InChI=1S/C23H25N5O5S/c24-18-9-4-8-17(14-18)10-12-27-21-20(25-19(26-21)15-16-6-2-1-3-7-16)22(29)28(23(27)30)11-5-13-33-34(31)32/h1-4,6-9,14H,5,10-13,15,24H2,(H,25,26)(H,31,32)/p-1. The number of anilines is 1. The third kappa shape index (κ3) is 5.50. The van der Waals surface area contributed by atoms with Crippen LogP contribution in [0.2, 0.25) is 0 Å². The molecule has 34 heavy (non-hydrogen) atoms. The summed E-state index contributed by atoms with van der Waals surface area (Å²) < 4.78 is 28.2. The van der Waals surface area contributed by atoms with Gasteiger partial charge in [-0.2, -0.15) is 0 Å². The summed E-state index contributed by atoms with van der Waals surface area (Å²) in [6, 6.07) is 17.1. The number of nitrogen functional groups attached to an aromatic ring is 1. The number of benzene rings is 2. The monoisotopic (exact) mass is 482 g/mol. The minimum Gasteiger partial charge on any atom is -0.750 e. The molecule has 1 atom stereocenters. The van der Waals surface area contributed by atoms with Gasteiger partial charge in [0.05, 0.1) is 18.0 Å². The summed E-state index contributed by atoms with van der Waals surface area (Å²) in [5.41, 5.74) is 7.96. The van der Waals surface area contributed by atoms with Gasteiger partial charge >= 0.3 is 5.69 Å². The van der Waals surface area contributed by atoms with Crippen LogP contribution < -0.4 is 17.0 Å². The van der Waals surface area contributed by atoms with E-state index in [1.165, 1.54) is 4.57 Å². The van der Waals surface area contributed by atoms with Crippen LogP contribution in [0.4, 0.5) is 5.69 Å². The zero-order chi connectivity index (χ0) is 24.1. The summed E-state index contributed by atoms with van der Waals surface area (Å²) in [6.45, 7) is 0.164. The molecule has 0 amide bonds. The lowest BCUT2D eigenvalue weighted by Crippen LogP contribution is -2.40. The van der Waals surface area contributed by atoms with Gasteiger partial charge in [-0.1, -0.05) is 42.5 Å². The average Bonchev–Trinajstić information content (AvgIpc) is 3.22. The van der Waals surface area contributed by atoms with Crippen molar-refractivity contribution in [2.75, 3.05) is 12.3 Å². The number of rotatable bonds is 10. The minimum absolute atomic E-state index is 0.0100. The SMILES string of the molecule is Nc1cccc(CCn2c(=O)n(CCCOS(=O)[O-])c(=O)c3[nH]c(Cc4ccccc4)nc32)c1. The summed E-state index contributed by atoms with van der Waals surface area (Å²) in [4.78, 5) is 34.1. The molecule has 0 aliphatic carbocycles. The Morgan fingerprint density at radius 3 is 2.53 bits per heavy atom. The zero-order valence-corrected chi connectivity index (χ0v) is 19.1. The highest BCUT2D eigenvalue weighted by atomic mass is 32.2. The fraction of sp³-hybridized carbons (Fsp3) is 0.261. The number of aryl methyl sites for hydroxylation is 2. The Morgan fingerprint density at radius 1 is 1.03 bits per heavy atom. The highest BCUT2D eigenvalue weighted by molar-refractivity contribution is 7.74. The lowest BCUT2D eigenvalue weighted by molar-refractivity contribution is 0.286. The maximum atomic E-state index is 13.3. The van der Waals surface area contributed by atoms with E-state index in [4.69, 9.17) is 5.73 Å². The van der Waals surface area contributed by atoms with Gasteiger partial charge in [0.1, 0.15) is 11.3 Å². The third-order valence-corrected chi connectivity index (χ3v) is 5.76. The highest BCUT2D eigenvalue weighted by Gasteiger charge is 2.17. The molecule has 3 N–H and O–H groups in total. The Hall–Kier alpha value is -3.54. The molecule has 2 heterocycles. The van der Waals surface area contributed by atoms with Gasteiger partial charge in [-0.15, -0.1) is 0 Å². The van der Waals surface area contributed by atoms with Crippen LogP contribution in [0.3, 0.4) is 0 Å². The lowest BCUT2D eigenvalue weighted by atomic mass is 10.1. The number of H-pyrrole nitrogens is 1. The van der Waals surface area contributed by atoms with Crippen molar-refractivity contribution in [3.05, 3.63) is 92.4 Å². The molecule has 0 radical (unpaired) electrons. The van der Waals surface area contributed by atoms with E-state index in [1.54, 1.807) is 6.07 Å². The molecule has 4 aromatic rings. The molecule has 11 heteroatoms. The molecule has 178 valence electrons. The second-order valence-electron chi connectivity index (χ2n) is 7.81. The first kappa shape index (κ1) is 23.6. The number of nitrogens with one attached hydrogen (secondary N) is 1. The number of imidazole rings is 1. The molecular formula is C23H24N5O5S-. The molecule has 2 aromatic carbocycles. The first-order chi connectivity index (χ1) is 16.4. The molecule has 4 rings (SSSR count). The fourth-order valence-corrected chi connectivity index (χ4v) is 4.08. The maximum Gasteiger partial charge on any atom is 0.332 e. The molecule has 0 aliphatic heterocycles. The van der Waals surface area contributed by atoms with Gasteiger partial charge in [-0.05, 0) is 36.1 Å². The first-order valence-electron chi connectivity index (χ1n) is 10.8. The summed E-state index contributed by atoms with van der Waals surface area (Å²) in [5, 5.41) is 0. The molecule has 0 fully saturated rings. The maximum absolute atomic E-state index is 13.3. The van der Waals surface area contributed by atoms with Gasteiger partial charge in [0, 0.05) is 25.2 Å². The summed E-state index contributed by atoms with van der Waals surface area (Å²) in [5.74, 6) is 0.568. The van der Waals surface area contributed by atoms with E-state index in [0.717, 1.165) is 15.7 Å². The van der Waals surface area contributed by atoms with Crippen LogP contribution in [0, 0.1) is 0 Å². The molecule has 0 bridgehead atoms. The van der Waals surface area contributed by atoms with Crippen LogP contribution in [0.15, 0.2) is 64.2 Å². The van der Waals surface area contributed by atoms with Gasteiger partial charge in [0.2, 0.25) is 0 Å². The van der Waals surface area contributed by atoms with Crippen molar-refractivity contribution in [2.24, 2.45) is 0 Å². The molecule has 2 aromatic heterocycles. The molecule has 0 spiro atoms. The lowest BCUT2D eigenvalue weighted by Gasteiger charge is -2.12. The largest absolute Gasteiger partial charge is 0.750 e. The zero-order valence-electron chi connectivity index (χ0n) is 18.3.